The van der Waals surface area contributed by atoms with Crippen LogP contribution in [0, 0.1) is 5.92 Å². The highest BCUT2D eigenvalue weighted by molar-refractivity contribution is 6.51. The van der Waals surface area contributed by atoms with Gasteiger partial charge in [-0.1, -0.05) is 31.3 Å². The maximum absolute atomic E-state index is 6.39. The Bertz CT molecular complexity index is 177. The molecule has 0 bridgehead atoms. The molecule has 0 aliphatic carbocycles. The highest BCUT2D eigenvalue weighted by Gasteiger charge is 2.28. The van der Waals surface area contributed by atoms with Gasteiger partial charge in [0.05, 0.1) is 0 Å². The van der Waals surface area contributed by atoms with E-state index in [0.29, 0.717) is 6.10 Å². The molecule has 1 saturated heterocycles. The van der Waals surface area contributed by atoms with Gasteiger partial charge in [-0.2, -0.15) is 0 Å². The van der Waals surface area contributed by atoms with Crippen molar-refractivity contribution in [3.8, 4) is 0 Å². The molecule has 16 heavy (non-hydrogen) atoms. The zero-order chi connectivity index (χ0) is 12.0. The standard InChI is InChI=1S/C9H18NO.2C2H5.Al/c1-3-9(11)8-4-6-10(2)7-5-8;2*1-2;/h8-9H,3-7H2,1-2H3;2*1H2,2H3;/q-1;;;+1. The van der Waals surface area contributed by atoms with Crippen LogP contribution in [0.2, 0.25) is 10.6 Å². The van der Waals surface area contributed by atoms with E-state index in [1.807, 2.05) is 0 Å². The normalized spacial score (nSPS) is 21.0. The van der Waals surface area contributed by atoms with Gasteiger partial charge in [0.1, 0.15) is 0 Å². The molecule has 1 fully saturated rings. The summed E-state index contributed by atoms with van der Waals surface area (Å²) in [6, 6.07) is 0. The van der Waals surface area contributed by atoms with Crippen LogP contribution >= 0.6 is 0 Å². The molecule has 1 aliphatic heterocycles. The van der Waals surface area contributed by atoms with Crippen molar-refractivity contribution in [3.05, 3.63) is 0 Å². The number of hydrogen-bond donors (Lipinski definition) is 0. The van der Waals surface area contributed by atoms with Gasteiger partial charge >= 0.3 is 14.5 Å². The van der Waals surface area contributed by atoms with Gasteiger partial charge in [0.2, 0.25) is 0 Å². The quantitative estimate of drug-likeness (QED) is 0.662. The van der Waals surface area contributed by atoms with E-state index in [4.69, 9.17) is 3.79 Å². The molecular formula is C13H28AlNO. The summed E-state index contributed by atoms with van der Waals surface area (Å²) in [5, 5.41) is 2.58. The van der Waals surface area contributed by atoms with Gasteiger partial charge in [0.25, 0.3) is 0 Å². The van der Waals surface area contributed by atoms with Crippen LogP contribution in [-0.2, 0) is 3.79 Å². The third-order valence-electron chi connectivity index (χ3n) is 3.97. The van der Waals surface area contributed by atoms with Crippen molar-refractivity contribution in [3.63, 3.8) is 0 Å². The molecule has 0 radical (unpaired) electrons. The maximum atomic E-state index is 6.39. The average Bonchev–Trinajstić information content (AvgIpc) is 2.32. The van der Waals surface area contributed by atoms with Gasteiger partial charge < -0.3 is 8.69 Å². The van der Waals surface area contributed by atoms with Crippen LogP contribution in [0.4, 0.5) is 0 Å². The Morgan fingerprint density at radius 3 is 2.19 bits per heavy atom. The summed E-state index contributed by atoms with van der Waals surface area (Å²) in [5.41, 5.74) is 0. The molecule has 0 aromatic rings. The van der Waals surface area contributed by atoms with Gasteiger partial charge in [0, 0.05) is 6.10 Å². The van der Waals surface area contributed by atoms with Crippen molar-refractivity contribution in [2.45, 2.75) is 56.7 Å². The third-order valence-corrected chi connectivity index (χ3v) is 6.53. The minimum Gasteiger partial charge on any atom is -0.498 e. The molecule has 1 atom stereocenters. The van der Waals surface area contributed by atoms with Crippen LogP contribution in [0.5, 0.6) is 0 Å². The summed E-state index contributed by atoms with van der Waals surface area (Å²) in [7, 11) is 2.23. The first-order valence-corrected chi connectivity index (χ1v) is 9.15. The van der Waals surface area contributed by atoms with Gasteiger partial charge in [0.15, 0.2) is 0 Å². The largest absolute Gasteiger partial charge is 0.498 e. The molecule has 1 aliphatic rings. The Kier molecular flexibility index (Phi) is 7.00. The topological polar surface area (TPSA) is 12.5 Å². The lowest BCUT2D eigenvalue weighted by Crippen LogP contribution is -2.38. The highest BCUT2D eigenvalue weighted by atomic mass is 27.2. The predicted octanol–water partition coefficient (Wildman–Crippen LogP) is 3.15. The number of likely N-dealkylation sites (tertiary alicyclic amines) is 1. The third kappa shape index (κ3) is 4.37. The molecule has 0 N–H and O–H groups in total. The van der Waals surface area contributed by atoms with E-state index < -0.39 is 14.5 Å². The molecule has 0 spiro atoms. The zero-order valence-corrected chi connectivity index (χ0v) is 12.7. The van der Waals surface area contributed by atoms with Crippen LogP contribution in [0.15, 0.2) is 0 Å². The van der Waals surface area contributed by atoms with E-state index in [1.54, 1.807) is 0 Å². The van der Waals surface area contributed by atoms with E-state index in [1.165, 1.54) is 42.9 Å². The Labute approximate surface area is 106 Å². The first-order chi connectivity index (χ1) is 7.71. The SMILES string of the molecule is CCC([O][Al]([CH2]C)[CH2]C)C1CCN(C)CC1. The van der Waals surface area contributed by atoms with Crippen molar-refractivity contribution in [1.29, 1.82) is 0 Å². The summed E-state index contributed by atoms with van der Waals surface area (Å²) in [6.07, 6.45) is 4.44. The monoisotopic (exact) mass is 241 g/mol. The number of hydrogen-bond acceptors (Lipinski definition) is 2. The zero-order valence-electron chi connectivity index (χ0n) is 11.5. The minimum atomic E-state index is -0.868. The molecule has 1 heterocycles. The average molecular weight is 241 g/mol. The Morgan fingerprint density at radius 2 is 1.75 bits per heavy atom. The molecule has 3 heteroatoms. The van der Waals surface area contributed by atoms with Crippen LogP contribution in [0.1, 0.15) is 40.0 Å². The number of piperidine rings is 1. The molecule has 0 aromatic heterocycles. The summed E-state index contributed by atoms with van der Waals surface area (Å²) in [5.74, 6) is 0.828. The van der Waals surface area contributed by atoms with Crippen molar-refractivity contribution in [1.82, 2.24) is 4.90 Å². The van der Waals surface area contributed by atoms with Gasteiger partial charge in [-0.15, -0.1) is 0 Å². The van der Waals surface area contributed by atoms with Crippen LogP contribution in [0.25, 0.3) is 0 Å². The minimum absolute atomic E-state index is 0.560. The summed E-state index contributed by atoms with van der Waals surface area (Å²) < 4.78 is 6.39. The van der Waals surface area contributed by atoms with E-state index in [2.05, 4.69) is 32.7 Å². The summed E-state index contributed by atoms with van der Waals surface area (Å²) in [6.45, 7) is 9.40. The lowest BCUT2D eigenvalue weighted by atomic mass is 9.90. The molecule has 0 saturated carbocycles. The van der Waals surface area contributed by atoms with Crippen molar-refractivity contribution in [2.75, 3.05) is 20.1 Å². The molecule has 0 amide bonds. The van der Waals surface area contributed by atoms with E-state index >= 15 is 0 Å². The molecule has 1 rings (SSSR count). The second-order valence-corrected chi connectivity index (χ2v) is 8.31. The summed E-state index contributed by atoms with van der Waals surface area (Å²) >= 11 is -0.868. The van der Waals surface area contributed by atoms with Crippen molar-refractivity contribution in [2.24, 2.45) is 5.92 Å². The van der Waals surface area contributed by atoms with E-state index in [-0.39, 0.29) is 0 Å². The van der Waals surface area contributed by atoms with Crippen LogP contribution < -0.4 is 0 Å². The number of nitrogens with zero attached hydrogens (tertiary/aromatic N) is 1. The maximum Gasteiger partial charge on any atom is 0.460 e. The highest BCUT2D eigenvalue weighted by Crippen LogP contribution is 2.25. The Balaban J connectivity index is 2.40. The van der Waals surface area contributed by atoms with E-state index in [9.17, 15) is 0 Å². The first-order valence-electron chi connectivity index (χ1n) is 7.05. The second-order valence-electron chi connectivity index (χ2n) is 5.16. The predicted molar refractivity (Wildman–Crippen MR) is 72.1 cm³/mol. The molecule has 0 aromatic carbocycles. The molecule has 1 unspecified atom stereocenters. The van der Waals surface area contributed by atoms with Gasteiger partial charge in [-0.05, 0) is 45.3 Å². The van der Waals surface area contributed by atoms with Gasteiger partial charge in [-0.25, -0.2) is 0 Å². The van der Waals surface area contributed by atoms with Gasteiger partial charge in [-0.3, -0.25) is 0 Å². The second kappa shape index (κ2) is 7.72. The Morgan fingerprint density at radius 1 is 1.19 bits per heavy atom. The fourth-order valence-corrected chi connectivity index (χ4v) is 4.54. The first kappa shape index (κ1) is 14.5. The molecule has 94 valence electrons. The van der Waals surface area contributed by atoms with Crippen molar-refractivity contribution >= 4 is 14.5 Å². The fourth-order valence-electron chi connectivity index (χ4n) is 2.67. The van der Waals surface area contributed by atoms with Crippen molar-refractivity contribution < 1.29 is 3.79 Å². The lowest BCUT2D eigenvalue weighted by molar-refractivity contribution is 0.0802. The molecule has 2 nitrogen and oxygen atoms in total. The number of rotatable bonds is 6. The smallest absolute Gasteiger partial charge is 0.460 e. The molecular weight excluding hydrogens is 213 g/mol. The lowest BCUT2D eigenvalue weighted by Gasteiger charge is -2.35. The van der Waals surface area contributed by atoms with E-state index in [0.717, 1.165) is 5.92 Å². The fraction of sp³-hybridized carbons (Fsp3) is 1.00. The Hall–Kier alpha value is 0.452. The van der Waals surface area contributed by atoms with Crippen LogP contribution in [-0.4, -0.2) is 45.6 Å². The van der Waals surface area contributed by atoms with Crippen LogP contribution in [0.3, 0.4) is 0 Å². The summed E-state index contributed by atoms with van der Waals surface area (Å²) in [4.78, 5) is 2.44.